The van der Waals surface area contributed by atoms with Crippen LogP contribution >= 0.6 is 0 Å². The minimum absolute atomic E-state index is 0.550. The van der Waals surface area contributed by atoms with Gasteiger partial charge in [-0.2, -0.15) is 0 Å². The van der Waals surface area contributed by atoms with Gasteiger partial charge in [-0.05, 0) is 31.1 Å². The topological polar surface area (TPSA) is 17.0 Å². The average molecular weight is 220 g/mol. The second-order valence-electron chi connectivity index (χ2n) is 4.52. The first-order valence-electron chi connectivity index (χ1n) is 6.15. The molecule has 1 heterocycles. The van der Waals surface area contributed by atoms with Gasteiger partial charge in [-0.1, -0.05) is 27.4 Å². The van der Waals surface area contributed by atoms with Crippen LogP contribution in [0.5, 0.6) is 0 Å². The van der Waals surface area contributed by atoms with Crippen molar-refractivity contribution in [1.82, 2.24) is 9.88 Å². The van der Waals surface area contributed by atoms with Gasteiger partial charge in [0.15, 0.2) is 0 Å². The van der Waals surface area contributed by atoms with Gasteiger partial charge < -0.3 is 9.88 Å². The fourth-order valence-corrected chi connectivity index (χ4v) is 2.06. The lowest BCUT2D eigenvalue weighted by molar-refractivity contribution is 0.533. The standard InChI is InChI=1S/C14H24N2/c1-6-13-10-12(5)14(7-2)16(13)9-8-15-11(3)4/h7,10-11,15H,2,6,8-9H2,1,3-5H3. The first-order valence-corrected chi connectivity index (χ1v) is 6.15. The van der Waals surface area contributed by atoms with E-state index in [1.54, 1.807) is 0 Å². The molecule has 0 amide bonds. The molecule has 1 N–H and O–H groups in total. The number of nitrogens with one attached hydrogen (secondary N) is 1. The molecule has 0 radical (unpaired) electrons. The monoisotopic (exact) mass is 220 g/mol. The van der Waals surface area contributed by atoms with Gasteiger partial charge in [-0.15, -0.1) is 0 Å². The molecule has 0 spiro atoms. The molecular weight excluding hydrogens is 196 g/mol. The molecule has 16 heavy (non-hydrogen) atoms. The van der Waals surface area contributed by atoms with Crippen LogP contribution in [0.25, 0.3) is 6.08 Å². The van der Waals surface area contributed by atoms with Crippen LogP contribution in [0.15, 0.2) is 12.6 Å². The van der Waals surface area contributed by atoms with Gasteiger partial charge in [-0.25, -0.2) is 0 Å². The van der Waals surface area contributed by atoms with Crippen LogP contribution < -0.4 is 5.32 Å². The third kappa shape index (κ3) is 2.99. The Balaban J connectivity index is 2.79. The Morgan fingerprint density at radius 2 is 2.19 bits per heavy atom. The van der Waals surface area contributed by atoms with Crippen molar-refractivity contribution in [2.75, 3.05) is 6.54 Å². The Kier molecular flexibility index (Phi) is 4.81. The number of nitrogens with zero attached hydrogens (tertiary/aromatic N) is 1. The van der Waals surface area contributed by atoms with Crippen molar-refractivity contribution in [3.05, 3.63) is 29.6 Å². The van der Waals surface area contributed by atoms with E-state index in [0.29, 0.717) is 6.04 Å². The molecule has 0 aliphatic heterocycles. The summed E-state index contributed by atoms with van der Waals surface area (Å²) >= 11 is 0. The predicted molar refractivity (Wildman–Crippen MR) is 71.8 cm³/mol. The summed E-state index contributed by atoms with van der Waals surface area (Å²) in [6.07, 6.45) is 3.04. The van der Waals surface area contributed by atoms with Crippen LogP contribution in [0, 0.1) is 6.92 Å². The number of hydrogen-bond donors (Lipinski definition) is 1. The quantitative estimate of drug-likeness (QED) is 0.780. The van der Waals surface area contributed by atoms with E-state index in [-0.39, 0.29) is 0 Å². The Bertz CT molecular complexity index is 348. The van der Waals surface area contributed by atoms with Crippen LogP contribution in [0.2, 0.25) is 0 Å². The molecule has 0 bridgehead atoms. The van der Waals surface area contributed by atoms with Crippen molar-refractivity contribution >= 4 is 6.08 Å². The van der Waals surface area contributed by atoms with Crippen molar-refractivity contribution in [3.63, 3.8) is 0 Å². The Morgan fingerprint density at radius 3 is 2.69 bits per heavy atom. The average Bonchev–Trinajstić information content (AvgIpc) is 2.54. The van der Waals surface area contributed by atoms with E-state index in [0.717, 1.165) is 19.5 Å². The molecule has 2 nitrogen and oxygen atoms in total. The summed E-state index contributed by atoms with van der Waals surface area (Å²) < 4.78 is 2.37. The summed E-state index contributed by atoms with van der Waals surface area (Å²) in [6, 6.07) is 2.82. The summed E-state index contributed by atoms with van der Waals surface area (Å²) in [7, 11) is 0. The van der Waals surface area contributed by atoms with Crippen molar-refractivity contribution < 1.29 is 0 Å². The molecule has 1 aromatic rings. The van der Waals surface area contributed by atoms with E-state index >= 15 is 0 Å². The van der Waals surface area contributed by atoms with Gasteiger partial charge in [-0.3, -0.25) is 0 Å². The minimum atomic E-state index is 0.550. The molecule has 1 rings (SSSR count). The first-order chi connectivity index (χ1) is 7.60. The van der Waals surface area contributed by atoms with Crippen molar-refractivity contribution in [1.29, 1.82) is 0 Å². The summed E-state index contributed by atoms with van der Waals surface area (Å²) in [4.78, 5) is 0. The van der Waals surface area contributed by atoms with E-state index in [4.69, 9.17) is 0 Å². The van der Waals surface area contributed by atoms with Gasteiger partial charge in [0.1, 0.15) is 0 Å². The molecule has 0 aliphatic carbocycles. The second-order valence-corrected chi connectivity index (χ2v) is 4.52. The van der Waals surface area contributed by atoms with Gasteiger partial charge in [0.05, 0.1) is 0 Å². The summed E-state index contributed by atoms with van der Waals surface area (Å²) in [6.45, 7) is 14.7. The molecule has 90 valence electrons. The smallest absolute Gasteiger partial charge is 0.0433 e. The van der Waals surface area contributed by atoms with Gasteiger partial charge in [0, 0.05) is 30.5 Å². The SMILES string of the molecule is C=Cc1c(C)cc(CC)n1CCNC(C)C. The predicted octanol–water partition coefficient (Wildman–Crippen LogP) is 3.00. The van der Waals surface area contributed by atoms with E-state index < -0.39 is 0 Å². The summed E-state index contributed by atoms with van der Waals surface area (Å²) in [5, 5.41) is 3.45. The first kappa shape index (κ1) is 13.0. The van der Waals surface area contributed by atoms with Gasteiger partial charge in [0.2, 0.25) is 0 Å². The summed E-state index contributed by atoms with van der Waals surface area (Å²) in [5.41, 5.74) is 4.00. The fraction of sp³-hybridized carbons (Fsp3) is 0.571. The zero-order valence-corrected chi connectivity index (χ0v) is 11.0. The zero-order chi connectivity index (χ0) is 12.1. The molecule has 1 aromatic heterocycles. The van der Waals surface area contributed by atoms with E-state index in [1.165, 1.54) is 17.0 Å². The molecule has 0 fully saturated rings. The molecule has 0 saturated carbocycles. The van der Waals surface area contributed by atoms with Crippen molar-refractivity contribution in [2.24, 2.45) is 0 Å². The lowest BCUT2D eigenvalue weighted by atomic mass is 10.2. The summed E-state index contributed by atoms with van der Waals surface area (Å²) in [5.74, 6) is 0. The maximum atomic E-state index is 3.90. The highest BCUT2D eigenvalue weighted by Gasteiger charge is 2.08. The van der Waals surface area contributed by atoms with Gasteiger partial charge in [0.25, 0.3) is 0 Å². The van der Waals surface area contributed by atoms with E-state index in [1.807, 2.05) is 6.08 Å². The highest BCUT2D eigenvalue weighted by Crippen LogP contribution is 2.17. The number of rotatable bonds is 6. The zero-order valence-electron chi connectivity index (χ0n) is 11.0. The van der Waals surface area contributed by atoms with Crippen LogP contribution in [-0.2, 0) is 13.0 Å². The number of aromatic nitrogens is 1. The van der Waals surface area contributed by atoms with E-state index in [2.05, 4.69) is 50.2 Å². The molecule has 0 unspecified atom stereocenters. The maximum absolute atomic E-state index is 3.90. The number of hydrogen-bond acceptors (Lipinski definition) is 1. The van der Waals surface area contributed by atoms with Crippen LogP contribution in [-0.4, -0.2) is 17.2 Å². The molecule has 0 aliphatic rings. The third-order valence-corrected chi connectivity index (χ3v) is 2.87. The molecule has 2 heteroatoms. The molecular formula is C14H24N2. The molecule has 0 atom stereocenters. The molecule has 0 saturated heterocycles. The van der Waals surface area contributed by atoms with Crippen LogP contribution in [0.3, 0.4) is 0 Å². The maximum Gasteiger partial charge on any atom is 0.0433 e. The number of aryl methyl sites for hydroxylation is 2. The Hall–Kier alpha value is -1.02. The lowest BCUT2D eigenvalue weighted by Crippen LogP contribution is -2.27. The Labute approximate surface area is 99.4 Å². The van der Waals surface area contributed by atoms with E-state index in [9.17, 15) is 0 Å². The normalized spacial score (nSPS) is 11.1. The highest BCUT2D eigenvalue weighted by molar-refractivity contribution is 5.49. The van der Waals surface area contributed by atoms with Crippen molar-refractivity contribution in [2.45, 2.75) is 46.7 Å². The van der Waals surface area contributed by atoms with Crippen LogP contribution in [0.1, 0.15) is 37.7 Å². The largest absolute Gasteiger partial charge is 0.344 e. The minimum Gasteiger partial charge on any atom is -0.344 e. The highest BCUT2D eigenvalue weighted by atomic mass is 15.0. The molecule has 0 aromatic carbocycles. The second kappa shape index (κ2) is 5.90. The van der Waals surface area contributed by atoms with Gasteiger partial charge >= 0.3 is 0 Å². The fourth-order valence-electron chi connectivity index (χ4n) is 2.06. The third-order valence-electron chi connectivity index (χ3n) is 2.87. The van der Waals surface area contributed by atoms with Crippen LogP contribution in [0.4, 0.5) is 0 Å². The Morgan fingerprint density at radius 1 is 1.50 bits per heavy atom. The lowest BCUT2D eigenvalue weighted by Gasteiger charge is -2.13. The van der Waals surface area contributed by atoms with Crippen molar-refractivity contribution in [3.8, 4) is 0 Å².